The molecule has 1 amide bonds. The van der Waals surface area contributed by atoms with Crippen LogP contribution < -0.4 is 10.1 Å². The van der Waals surface area contributed by atoms with Crippen LogP contribution in [-0.2, 0) is 11.3 Å². The van der Waals surface area contributed by atoms with E-state index in [2.05, 4.69) is 10.3 Å². The van der Waals surface area contributed by atoms with Crippen molar-refractivity contribution in [2.24, 2.45) is 0 Å². The average molecular weight is 361 g/mol. The molecule has 128 valence electrons. The highest BCUT2D eigenvalue weighted by Crippen LogP contribution is 2.25. The van der Waals surface area contributed by atoms with E-state index in [1.54, 1.807) is 35.0 Å². The van der Waals surface area contributed by atoms with E-state index in [0.29, 0.717) is 16.4 Å². The second-order valence-corrected chi connectivity index (χ2v) is 5.57. The summed E-state index contributed by atoms with van der Waals surface area (Å²) in [7, 11) is 0. The standard InChI is InChI=1S/C16H13ClN4O4/c17-11-5-6-15-19-12(9-20(15)8-11)7-18-16(22)10-25-14-4-2-1-3-13(14)21(23)24/h1-6,8-9H,7,10H2,(H,18,22). The SMILES string of the molecule is O=C(COc1ccccc1[N+](=O)[O-])NCc1cn2cc(Cl)ccc2n1. The topological polar surface area (TPSA) is 98.8 Å². The van der Waals surface area contributed by atoms with Gasteiger partial charge in [-0.1, -0.05) is 23.7 Å². The zero-order valence-electron chi connectivity index (χ0n) is 12.9. The summed E-state index contributed by atoms with van der Waals surface area (Å²) in [6.07, 6.45) is 3.47. The highest BCUT2D eigenvalue weighted by atomic mass is 35.5. The zero-order chi connectivity index (χ0) is 17.8. The number of carbonyl (C=O) groups excluding carboxylic acids is 1. The van der Waals surface area contributed by atoms with Gasteiger partial charge < -0.3 is 14.5 Å². The van der Waals surface area contributed by atoms with E-state index < -0.39 is 10.8 Å². The molecule has 0 fully saturated rings. The van der Waals surface area contributed by atoms with Crippen LogP contribution in [0.4, 0.5) is 5.69 Å². The normalized spacial score (nSPS) is 10.6. The minimum atomic E-state index is -0.560. The van der Waals surface area contributed by atoms with Gasteiger partial charge in [0.1, 0.15) is 5.65 Å². The van der Waals surface area contributed by atoms with Crippen molar-refractivity contribution in [2.45, 2.75) is 6.54 Å². The molecule has 2 heterocycles. The van der Waals surface area contributed by atoms with Crippen LogP contribution in [0.15, 0.2) is 48.8 Å². The maximum Gasteiger partial charge on any atom is 0.310 e. The molecule has 0 saturated carbocycles. The quantitative estimate of drug-likeness (QED) is 0.538. The Labute approximate surface area is 147 Å². The molecular weight excluding hydrogens is 348 g/mol. The van der Waals surface area contributed by atoms with Gasteiger partial charge >= 0.3 is 5.69 Å². The number of aromatic nitrogens is 2. The summed E-state index contributed by atoms with van der Waals surface area (Å²) in [5.74, 6) is -0.363. The molecule has 0 unspecified atom stereocenters. The number of nitrogens with one attached hydrogen (secondary N) is 1. The molecule has 0 saturated heterocycles. The largest absolute Gasteiger partial charge is 0.477 e. The van der Waals surface area contributed by atoms with Gasteiger partial charge in [-0.2, -0.15) is 0 Å². The minimum absolute atomic E-state index is 0.0463. The molecule has 9 heteroatoms. The van der Waals surface area contributed by atoms with Crippen LogP contribution in [0.25, 0.3) is 5.65 Å². The van der Waals surface area contributed by atoms with Crippen LogP contribution in [0.3, 0.4) is 0 Å². The predicted molar refractivity (Wildman–Crippen MR) is 90.6 cm³/mol. The predicted octanol–water partition coefficient (Wildman–Crippen LogP) is 2.59. The molecule has 3 rings (SSSR count). The Balaban J connectivity index is 1.57. The lowest BCUT2D eigenvalue weighted by Gasteiger charge is -2.06. The van der Waals surface area contributed by atoms with Crippen molar-refractivity contribution in [1.82, 2.24) is 14.7 Å². The van der Waals surface area contributed by atoms with Crippen LogP contribution >= 0.6 is 11.6 Å². The van der Waals surface area contributed by atoms with Crippen LogP contribution in [0.2, 0.25) is 5.02 Å². The van der Waals surface area contributed by atoms with E-state index in [1.165, 1.54) is 18.2 Å². The number of halogens is 1. The number of nitrogens with zero attached hydrogens (tertiary/aromatic N) is 3. The van der Waals surface area contributed by atoms with Gasteiger partial charge in [0.25, 0.3) is 5.91 Å². The van der Waals surface area contributed by atoms with Crippen LogP contribution in [0.5, 0.6) is 5.75 Å². The summed E-state index contributed by atoms with van der Waals surface area (Å²) < 4.78 is 6.98. The Hall–Kier alpha value is -3.13. The van der Waals surface area contributed by atoms with E-state index in [4.69, 9.17) is 16.3 Å². The number of nitro benzene ring substituents is 1. The fourth-order valence-corrected chi connectivity index (χ4v) is 2.38. The number of fused-ring (bicyclic) bond motifs is 1. The molecule has 0 spiro atoms. The Morgan fingerprint density at radius 3 is 2.88 bits per heavy atom. The van der Waals surface area contributed by atoms with Crippen LogP contribution in [-0.4, -0.2) is 26.8 Å². The number of ether oxygens (including phenoxy) is 1. The third-order valence-electron chi connectivity index (χ3n) is 3.35. The van der Waals surface area contributed by atoms with Gasteiger partial charge in [0.15, 0.2) is 12.4 Å². The Morgan fingerprint density at radius 1 is 1.28 bits per heavy atom. The van der Waals surface area contributed by atoms with Gasteiger partial charge in [0, 0.05) is 18.5 Å². The molecule has 1 N–H and O–H groups in total. The van der Waals surface area contributed by atoms with Crippen LogP contribution in [0, 0.1) is 10.1 Å². The molecule has 0 aliphatic carbocycles. The van der Waals surface area contributed by atoms with Crippen LogP contribution in [0.1, 0.15) is 5.69 Å². The lowest BCUT2D eigenvalue weighted by molar-refractivity contribution is -0.385. The number of rotatable bonds is 6. The number of amides is 1. The summed E-state index contributed by atoms with van der Waals surface area (Å²) in [6, 6.07) is 9.38. The fourth-order valence-electron chi connectivity index (χ4n) is 2.22. The lowest BCUT2D eigenvalue weighted by Crippen LogP contribution is -2.28. The number of benzene rings is 1. The Bertz CT molecular complexity index is 941. The number of para-hydroxylation sites is 2. The number of hydrogen-bond donors (Lipinski definition) is 1. The Kier molecular flexibility index (Phi) is 4.80. The second kappa shape index (κ2) is 7.18. The molecule has 8 nitrogen and oxygen atoms in total. The first-order valence-electron chi connectivity index (χ1n) is 7.29. The number of pyridine rings is 1. The molecule has 1 aromatic carbocycles. The van der Waals surface area contributed by atoms with E-state index in [0.717, 1.165) is 0 Å². The fraction of sp³-hybridized carbons (Fsp3) is 0.125. The number of nitro groups is 1. The molecule has 0 aliphatic rings. The molecule has 3 aromatic rings. The number of carbonyl (C=O) groups is 1. The molecule has 0 aliphatic heterocycles. The van der Waals surface area contributed by atoms with Crippen molar-refractivity contribution < 1.29 is 14.5 Å². The van der Waals surface area contributed by atoms with Gasteiger partial charge in [-0.3, -0.25) is 14.9 Å². The monoisotopic (exact) mass is 360 g/mol. The van der Waals surface area contributed by atoms with Crippen molar-refractivity contribution in [3.8, 4) is 5.75 Å². The van der Waals surface area contributed by atoms with E-state index in [9.17, 15) is 14.9 Å². The smallest absolute Gasteiger partial charge is 0.310 e. The van der Waals surface area contributed by atoms with Crippen molar-refractivity contribution in [2.75, 3.05) is 6.61 Å². The molecule has 0 bridgehead atoms. The molecule has 25 heavy (non-hydrogen) atoms. The summed E-state index contributed by atoms with van der Waals surface area (Å²) in [4.78, 5) is 26.6. The first-order chi connectivity index (χ1) is 12.0. The highest BCUT2D eigenvalue weighted by Gasteiger charge is 2.15. The zero-order valence-corrected chi connectivity index (χ0v) is 13.6. The van der Waals surface area contributed by atoms with E-state index >= 15 is 0 Å². The third kappa shape index (κ3) is 4.04. The highest BCUT2D eigenvalue weighted by molar-refractivity contribution is 6.30. The number of imidazole rings is 1. The van der Waals surface area contributed by atoms with E-state index in [1.807, 2.05) is 0 Å². The van der Waals surface area contributed by atoms with Crippen molar-refractivity contribution in [3.05, 3.63) is 69.6 Å². The van der Waals surface area contributed by atoms with Crippen molar-refractivity contribution >= 4 is 28.8 Å². The third-order valence-corrected chi connectivity index (χ3v) is 3.58. The summed E-state index contributed by atoms with van der Waals surface area (Å²) in [5.41, 5.74) is 1.18. The molecule has 0 atom stereocenters. The minimum Gasteiger partial charge on any atom is -0.477 e. The molecule has 2 aromatic heterocycles. The van der Waals surface area contributed by atoms with Gasteiger partial charge in [0.05, 0.1) is 22.2 Å². The maximum absolute atomic E-state index is 11.9. The first-order valence-corrected chi connectivity index (χ1v) is 7.67. The van der Waals surface area contributed by atoms with Gasteiger partial charge in [-0.25, -0.2) is 4.98 Å². The summed E-state index contributed by atoms with van der Waals surface area (Å²) in [6.45, 7) is -0.123. The van der Waals surface area contributed by atoms with Crippen molar-refractivity contribution in [3.63, 3.8) is 0 Å². The number of hydrogen-bond acceptors (Lipinski definition) is 5. The average Bonchev–Trinajstić information content (AvgIpc) is 3.00. The summed E-state index contributed by atoms with van der Waals surface area (Å²) in [5, 5.41) is 14.1. The van der Waals surface area contributed by atoms with Gasteiger partial charge in [0.2, 0.25) is 0 Å². The lowest BCUT2D eigenvalue weighted by atomic mass is 10.3. The van der Waals surface area contributed by atoms with Crippen molar-refractivity contribution in [1.29, 1.82) is 0 Å². The first kappa shape index (κ1) is 16.7. The second-order valence-electron chi connectivity index (χ2n) is 5.14. The Morgan fingerprint density at radius 2 is 2.08 bits per heavy atom. The van der Waals surface area contributed by atoms with Gasteiger partial charge in [-0.05, 0) is 18.2 Å². The maximum atomic E-state index is 11.9. The van der Waals surface area contributed by atoms with Gasteiger partial charge in [-0.15, -0.1) is 0 Å². The summed E-state index contributed by atoms with van der Waals surface area (Å²) >= 11 is 5.91. The molecular formula is C16H13ClN4O4. The van der Waals surface area contributed by atoms with E-state index in [-0.39, 0.29) is 24.6 Å². The molecule has 0 radical (unpaired) electrons.